The summed E-state index contributed by atoms with van der Waals surface area (Å²) >= 11 is 0. The zero-order valence-corrected chi connectivity index (χ0v) is 17.2. The van der Waals surface area contributed by atoms with Gasteiger partial charge in [-0.25, -0.2) is 0 Å². The van der Waals surface area contributed by atoms with Crippen LogP contribution in [0.3, 0.4) is 0 Å². The molecule has 4 heteroatoms. The highest BCUT2D eigenvalue weighted by Gasteiger charge is 2.13. The summed E-state index contributed by atoms with van der Waals surface area (Å²) < 4.78 is 0. The maximum absolute atomic E-state index is 9.61. The summed E-state index contributed by atoms with van der Waals surface area (Å²) in [6.45, 7) is 1.90. The fraction of sp³-hybridized carbons (Fsp3) is 0.200. The number of aromatic nitrogens is 1. The Hall–Kier alpha value is -2.75. The number of halogens is 1. The monoisotopic (exact) mass is 406 g/mol. The number of phenolic OH excluding ortho intramolecular Hbond substituents is 1. The zero-order chi connectivity index (χ0) is 19.2. The molecule has 1 aromatic heterocycles. The minimum Gasteiger partial charge on any atom is -0.508 e. The number of aromatic hydroxyl groups is 1. The van der Waals surface area contributed by atoms with E-state index in [1.165, 1.54) is 27.6 Å². The number of phenols is 1. The Labute approximate surface area is 178 Å². The molecule has 4 rings (SSSR count). The quantitative estimate of drug-likeness (QED) is 0.331. The largest absolute Gasteiger partial charge is 0.508 e. The lowest BCUT2D eigenvalue weighted by molar-refractivity contribution is 0.475. The van der Waals surface area contributed by atoms with Crippen molar-refractivity contribution in [3.8, 4) is 5.75 Å². The SMILES string of the molecule is Cl.Oc1ccc(C(CCNCCc2c[nH]c3ccccc23)c2ccccc2)cc1. The molecule has 0 bridgehead atoms. The zero-order valence-electron chi connectivity index (χ0n) is 16.3. The van der Waals surface area contributed by atoms with Crippen LogP contribution in [0.4, 0.5) is 0 Å². The predicted octanol–water partition coefficient (Wildman–Crippen LogP) is 5.65. The second-order valence-corrected chi connectivity index (χ2v) is 7.20. The summed E-state index contributed by atoms with van der Waals surface area (Å²) in [4.78, 5) is 3.35. The van der Waals surface area contributed by atoms with Gasteiger partial charge in [0.2, 0.25) is 0 Å². The molecule has 0 aliphatic heterocycles. The van der Waals surface area contributed by atoms with Crippen molar-refractivity contribution in [2.75, 3.05) is 13.1 Å². The fourth-order valence-corrected chi connectivity index (χ4v) is 3.85. The fourth-order valence-electron chi connectivity index (χ4n) is 3.85. The van der Waals surface area contributed by atoms with Gasteiger partial charge in [-0.1, -0.05) is 60.7 Å². The van der Waals surface area contributed by atoms with E-state index in [1.807, 2.05) is 12.1 Å². The molecule has 0 aliphatic carbocycles. The molecule has 0 fully saturated rings. The second-order valence-electron chi connectivity index (χ2n) is 7.20. The number of H-pyrrole nitrogens is 1. The van der Waals surface area contributed by atoms with E-state index in [2.05, 4.69) is 71.1 Å². The smallest absolute Gasteiger partial charge is 0.115 e. The molecule has 3 nitrogen and oxygen atoms in total. The predicted molar refractivity (Wildman–Crippen MR) is 123 cm³/mol. The second kappa shape index (κ2) is 10.1. The maximum Gasteiger partial charge on any atom is 0.115 e. The van der Waals surface area contributed by atoms with Crippen molar-refractivity contribution in [3.05, 3.63) is 102 Å². The lowest BCUT2D eigenvalue weighted by Crippen LogP contribution is -2.20. The van der Waals surface area contributed by atoms with E-state index in [9.17, 15) is 5.11 Å². The third-order valence-corrected chi connectivity index (χ3v) is 5.35. The Morgan fingerprint density at radius 1 is 0.793 bits per heavy atom. The Bertz CT molecular complexity index is 1010. The molecule has 0 saturated carbocycles. The molecule has 0 radical (unpaired) electrons. The van der Waals surface area contributed by atoms with E-state index in [0.717, 1.165) is 25.9 Å². The molecule has 150 valence electrons. The molecule has 3 N–H and O–H groups in total. The lowest BCUT2D eigenvalue weighted by Gasteiger charge is -2.18. The van der Waals surface area contributed by atoms with E-state index in [0.29, 0.717) is 11.7 Å². The summed E-state index contributed by atoms with van der Waals surface area (Å²) in [6.07, 6.45) is 4.15. The number of fused-ring (bicyclic) bond motifs is 1. The van der Waals surface area contributed by atoms with Gasteiger partial charge < -0.3 is 15.4 Å². The summed E-state index contributed by atoms with van der Waals surface area (Å²) in [5.74, 6) is 0.634. The van der Waals surface area contributed by atoms with Crippen LogP contribution in [-0.2, 0) is 6.42 Å². The van der Waals surface area contributed by atoms with Crippen LogP contribution in [-0.4, -0.2) is 23.2 Å². The van der Waals surface area contributed by atoms with Crippen molar-refractivity contribution < 1.29 is 5.11 Å². The van der Waals surface area contributed by atoms with Crippen LogP contribution < -0.4 is 5.32 Å². The van der Waals surface area contributed by atoms with Gasteiger partial charge in [-0.3, -0.25) is 0 Å². The third kappa shape index (κ3) is 5.20. The lowest BCUT2D eigenvalue weighted by atomic mass is 9.88. The molecule has 1 unspecified atom stereocenters. The molecule has 0 aliphatic rings. The van der Waals surface area contributed by atoms with Crippen molar-refractivity contribution in [3.63, 3.8) is 0 Å². The standard InChI is InChI=1S/C25H26N2O.ClH/c28-22-12-10-20(11-13-22)23(19-6-2-1-3-7-19)15-17-26-16-14-21-18-27-25-9-5-4-8-24(21)25;/h1-13,18,23,26-28H,14-17H2;1H. The summed E-state index contributed by atoms with van der Waals surface area (Å²) in [7, 11) is 0. The Kier molecular flexibility index (Phi) is 7.34. The topological polar surface area (TPSA) is 48.0 Å². The maximum atomic E-state index is 9.61. The Balaban J connectivity index is 0.00000240. The summed E-state index contributed by atoms with van der Waals surface area (Å²) in [6, 6.07) is 26.7. The highest BCUT2D eigenvalue weighted by Crippen LogP contribution is 2.28. The van der Waals surface area contributed by atoms with Crippen molar-refractivity contribution in [2.24, 2.45) is 0 Å². The first-order chi connectivity index (χ1) is 13.8. The van der Waals surface area contributed by atoms with E-state index < -0.39 is 0 Å². The molecule has 1 atom stereocenters. The van der Waals surface area contributed by atoms with Gasteiger partial charge in [0.15, 0.2) is 0 Å². The first kappa shape index (κ1) is 21.0. The average molecular weight is 407 g/mol. The number of hydrogen-bond acceptors (Lipinski definition) is 2. The van der Waals surface area contributed by atoms with Gasteiger partial charge in [-0.2, -0.15) is 0 Å². The Morgan fingerprint density at radius 3 is 2.28 bits per heavy atom. The first-order valence-electron chi connectivity index (χ1n) is 9.91. The summed E-state index contributed by atoms with van der Waals surface area (Å²) in [5, 5.41) is 14.5. The van der Waals surface area contributed by atoms with E-state index in [4.69, 9.17) is 0 Å². The summed E-state index contributed by atoms with van der Waals surface area (Å²) in [5.41, 5.74) is 5.12. The molecule has 0 amide bonds. The molecule has 29 heavy (non-hydrogen) atoms. The Morgan fingerprint density at radius 2 is 1.48 bits per heavy atom. The van der Waals surface area contributed by atoms with Crippen molar-refractivity contribution in [2.45, 2.75) is 18.8 Å². The van der Waals surface area contributed by atoms with Crippen molar-refractivity contribution in [1.82, 2.24) is 10.3 Å². The molecule has 0 saturated heterocycles. The minimum atomic E-state index is 0. The van der Waals surface area contributed by atoms with Gasteiger partial charge in [0, 0.05) is 23.0 Å². The molecular formula is C25H27ClN2O. The van der Waals surface area contributed by atoms with Crippen LogP contribution in [0.25, 0.3) is 10.9 Å². The van der Waals surface area contributed by atoms with Crippen LogP contribution >= 0.6 is 12.4 Å². The van der Waals surface area contributed by atoms with Crippen molar-refractivity contribution in [1.29, 1.82) is 0 Å². The normalized spacial score (nSPS) is 11.9. The number of benzene rings is 3. The molecule has 3 aromatic carbocycles. The van der Waals surface area contributed by atoms with Crippen LogP contribution in [0.15, 0.2) is 85.1 Å². The molecule has 4 aromatic rings. The average Bonchev–Trinajstić information content (AvgIpc) is 3.15. The van der Waals surface area contributed by atoms with Crippen LogP contribution in [0.1, 0.15) is 29.0 Å². The van der Waals surface area contributed by atoms with Gasteiger partial charge in [-0.15, -0.1) is 12.4 Å². The van der Waals surface area contributed by atoms with Gasteiger partial charge in [0.1, 0.15) is 5.75 Å². The molecule has 1 heterocycles. The van der Waals surface area contributed by atoms with Gasteiger partial charge in [-0.05, 0) is 60.8 Å². The van der Waals surface area contributed by atoms with Crippen LogP contribution in [0.5, 0.6) is 5.75 Å². The molecular weight excluding hydrogens is 380 g/mol. The highest BCUT2D eigenvalue weighted by molar-refractivity contribution is 5.85. The first-order valence-corrected chi connectivity index (χ1v) is 9.91. The van der Waals surface area contributed by atoms with Crippen LogP contribution in [0.2, 0.25) is 0 Å². The van der Waals surface area contributed by atoms with Gasteiger partial charge in [0.05, 0.1) is 0 Å². The number of para-hydroxylation sites is 1. The number of rotatable bonds is 8. The van der Waals surface area contributed by atoms with Crippen LogP contribution in [0, 0.1) is 0 Å². The highest BCUT2D eigenvalue weighted by atomic mass is 35.5. The minimum absolute atomic E-state index is 0. The van der Waals surface area contributed by atoms with E-state index >= 15 is 0 Å². The van der Waals surface area contributed by atoms with E-state index in [-0.39, 0.29) is 12.4 Å². The molecule has 0 spiro atoms. The number of aromatic amines is 1. The number of hydrogen-bond donors (Lipinski definition) is 3. The third-order valence-electron chi connectivity index (χ3n) is 5.35. The van der Waals surface area contributed by atoms with Gasteiger partial charge >= 0.3 is 0 Å². The van der Waals surface area contributed by atoms with E-state index in [1.54, 1.807) is 12.1 Å². The number of nitrogens with one attached hydrogen (secondary N) is 2. The van der Waals surface area contributed by atoms with Gasteiger partial charge in [0.25, 0.3) is 0 Å². The van der Waals surface area contributed by atoms with Crippen molar-refractivity contribution >= 4 is 23.3 Å².